The summed E-state index contributed by atoms with van der Waals surface area (Å²) in [4.78, 5) is 39.9. The van der Waals surface area contributed by atoms with Crippen LogP contribution in [0.4, 0.5) is 4.79 Å². The zero-order valence-corrected chi connectivity index (χ0v) is 24.9. The molecule has 0 saturated carbocycles. The van der Waals surface area contributed by atoms with E-state index in [1.54, 1.807) is 31.3 Å². The van der Waals surface area contributed by atoms with E-state index >= 15 is 0 Å². The molecule has 2 aromatic rings. The molecule has 1 aliphatic rings. The van der Waals surface area contributed by atoms with E-state index in [0.29, 0.717) is 43.1 Å². The van der Waals surface area contributed by atoms with Crippen molar-refractivity contribution in [1.82, 2.24) is 10.2 Å². The standard InChI is InChI=1S/C32H44N2O7/c1-6-25(7-2)33-32(37)34-18-9-8-13-27(34)31(36)41-28(24-11-10-12-26(20-24)40-21-22(3)35)16-14-23-15-17-29(38-4)30(19-23)39-5/h10-12,15,17,19-20,25,27-28H,6-9,13-14,16,18,21H2,1-5H3,(H,33,37)/t27-,28?/m0/s1. The van der Waals surface area contributed by atoms with Crippen LogP contribution in [-0.2, 0) is 20.7 Å². The van der Waals surface area contributed by atoms with E-state index in [-0.39, 0.29) is 24.5 Å². The molecular weight excluding hydrogens is 524 g/mol. The third kappa shape index (κ3) is 9.13. The van der Waals surface area contributed by atoms with Gasteiger partial charge in [0.1, 0.15) is 24.5 Å². The highest BCUT2D eigenvalue weighted by Gasteiger charge is 2.35. The molecule has 1 saturated heterocycles. The second-order valence-corrected chi connectivity index (χ2v) is 10.4. The number of piperidine rings is 1. The Bertz CT molecular complexity index is 1160. The topological polar surface area (TPSA) is 103 Å². The van der Waals surface area contributed by atoms with Crippen LogP contribution in [0.25, 0.3) is 0 Å². The van der Waals surface area contributed by atoms with Gasteiger partial charge in [-0.15, -0.1) is 0 Å². The average molecular weight is 569 g/mol. The van der Waals surface area contributed by atoms with E-state index < -0.39 is 18.1 Å². The largest absolute Gasteiger partial charge is 0.493 e. The second-order valence-electron chi connectivity index (χ2n) is 10.4. The summed E-state index contributed by atoms with van der Waals surface area (Å²) >= 11 is 0. The quantitative estimate of drug-likeness (QED) is 0.294. The first kappa shape index (κ1) is 31.8. The number of amides is 2. The molecule has 0 spiro atoms. The summed E-state index contributed by atoms with van der Waals surface area (Å²) in [6.45, 7) is 6.01. The molecule has 3 rings (SSSR count). The Morgan fingerprint density at radius 3 is 2.44 bits per heavy atom. The smallest absolute Gasteiger partial charge is 0.329 e. The van der Waals surface area contributed by atoms with Crippen LogP contribution in [0.15, 0.2) is 42.5 Å². The maximum atomic E-state index is 13.7. The number of Topliss-reactive ketones (excluding diaryl/α,β-unsaturated/α-hetero) is 1. The van der Waals surface area contributed by atoms with Gasteiger partial charge in [0.15, 0.2) is 17.3 Å². The van der Waals surface area contributed by atoms with E-state index in [2.05, 4.69) is 5.32 Å². The second kappa shape index (κ2) is 15.9. The number of carbonyl (C=O) groups is 3. The van der Waals surface area contributed by atoms with Crippen LogP contribution < -0.4 is 19.5 Å². The predicted octanol–water partition coefficient (Wildman–Crippen LogP) is 5.64. The Morgan fingerprint density at radius 1 is 1.00 bits per heavy atom. The molecule has 0 bridgehead atoms. The molecule has 0 radical (unpaired) electrons. The number of nitrogens with zero attached hydrogens (tertiary/aromatic N) is 1. The molecule has 2 amide bonds. The van der Waals surface area contributed by atoms with Crippen LogP contribution in [0, 0.1) is 0 Å². The third-order valence-electron chi connectivity index (χ3n) is 7.42. The molecule has 224 valence electrons. The number of hydrogen-bond acceptors (Lipinski definition) is 7. The lowest BCUT2D eigenvalue weighted by Gasteiger charge is -2.36. The van der Waals surface area contributed by atoms with Crippen molar-refractivity contribution >= 4 is 17.8 Å². The molecule has 0 aromatic heterocycles. The zero-order chi connectivity index (χ0) is 29.8. The van der Waals surface area contributed by atoms with Gasteiger partial charge in [0, 0.05) is 12.6 Å². The predicted molar refractivity (Wildman–Crippen MR) is 157 cm³/mol. The Balaban J connectivity index is 1.83. The number of hydrogen-bond donors (Lipinski definition) is 1. The van der Waals surface area contributed by atoms with Gasteiger partial charge in [0.25, 0.3) is 0 Å². The maximum absolute atomic E-state index is 13.7. The van der Waals surface area contributed by atoms with Crippen LogP contribution in [0.1, 0.15) is 76.5 Å². The molecule has 1 fully saturated rings. The fourth-order valence-corrected chi connectivity index (χ4v) is 5.01. The molecule has 1 aliphatic heterocycles. The molecule has 2 atom stereocenters. The molecule has 2 aromatic carbocycles. The minimum absolute atomic E-state index is 0.0395. The van der Waals surface area contributed by atoms with Gasteiger partial charge in [-0.2, -0.15) is 0 Å². The Hall–Kier alpha value is -3.75. The van der Waals surface area contributed by atoms with Gasteiger partial charge < -0.3 is 29.2 Å². The number of aryl methyl sites for hydroxylation is 1. The van der Waals surface area contributed by atoms with Crippen molar-refractivity contribution in [2.45, 2.75) is 83.9 Å². The van der Waals surface area contributed by atoms with Crippen molar-refractivity contribution in [2.24, 2.45) is 0 Å². The number of likely N-dealkylation sites (tertiary alicyclic amines) is 1. The van der Waals surface area contributed by atoms with Crippen molar-refractivity contribution in [3.8, 4) is 17.2 Å². The molecule has 1 unspecified atom stereocenters. The number of carbonyl (C=O) groups excluding carboxylic acids is 3. The summed E-state index contributed by atoms with van der Waals surface area (Å²) in [6, 6.07) is 12.2. The Morgan fingerprint density at radius 2 is 1.76 bits per heavy atom. The van der Waals surface area contributed by atoms with Crippen LogP contribution in [0.5, 0.6) is 17.2 Å². The van der Waals surface area contributed by atoms with Gasteiger partial charge in [-0.1, -0.05) is 32.0 Å². The van der Waals surface area contributed by atoms with E-state index in [4.69, 9.17) is 18.9 Å². The van der Waals surface area contributed by atoms with Gasteiger partial charge in [0.2, 0.25) is 0 Å². The van der Waals surface area contributed by atoms with Gasteiger partial charge in [-0.3, -0.25) is 4.79 Å². The SMILES string of the molecule is CCC(CC)NC(=O)N1CCCC[C@H]1C(=O)OC(CCc1ccc(OC)c(OC)c1)c1cccc(OCC(C)=O)c1. The average Bonchev–Trinajstić information content (AvgIpc) is 3.00. The first-order valence-corrected chi connectivity index (χ1v) is 14.5. The number of methoxy groups -OCH3 is 2. The van der Waals surface area contributed by atoms with Crippen LogP contribution in [-0.4, -0.2) is 62.1 Å². The molecule has 0 aliphatic carbocycles. The summed E-state index contributed by atoms with van der Waals surface area (Å²) in [6.07, 6.45) is 4.39. The molecule has 41 heavy (non-hydrogen) atoms. The summed E-state index contributed by atoms with van der Waals surface area (Å²) < 4.78 is 22.6. The number of urea groups is 1. The van der Waals surface area contributed by atoms with Gasteiger partial charge >= 0.3 is 12.0 Å². The molecule has 9 heteroatoms. The number of esters is 1. The highest BCUT2D eigenvalue weighted by molar-refractivity contribution is 5.84. The zero-order valence-electron chi connectivity index (χ0n) is 24.9. The maximum Gasteiger partial charge on any atom is 0.329 e. The van der Waals surface area contributed by atoms with Gasteiger partial charge in [-0.05, 0) is 87.3 Å². The first-order chi connectivity index (χ1) is 19.8. The molecular formula is C32H44N2O7. The van der Waals surface area contributed by atoms with E-state index in [9.17, 15) is 14.4 Å². The van der Waals surface area contributed by atoms with Crippen molar-refractivity contribution in [1.29, 1.82) is 0 Å². The van der Waals surface area contributed by atoms with Crippen LogP contribution in [0.3, 0.4) is 0 Å². The van der Waals surface area contributed by atoms with E-state index in [0.717, 1.165) is 36.8 Å². The Kier molecular flexibility index (Phi) is 12.3. The third-order valence-corrected chi connectivity index (χ3v) is 7.42. The molecule has 9 nitrogen and oxygen atoms in total. The van der Waals surface area contributed by atoms with Crippen molar-refractivity contribution < 1.29 is 33.3 Å². The highest BCUT2D eigenvalue weighted by Crippen LogP contribution is 2.32. The lowest BCUT2D eigenvalue weighted by molar-refractivity contribution is -0.156. The Labute approximate surface area is 243 Å². The number of ether oxygens (including phenoxy) is 4. The van der Waals surface area contributed by atoms with Crippen LogP contribution in [0.2, 0.25) is 0 Å². The lowest BCUT2D eigenvalue weighted by Crippen LogP contribution is -2.54. The van der Waals surface area contributed by atoms with Crippen molar-refractivity contribution in [3.63, 3.8) is 0 Å². The van der Waals surface area contributed by atoms with E-state index in [1.165, 1.54) is 6.92 Å². The van der Waals surface area contributed by atoms with Crippen LogP contribution >= 0.6 is 0 Å². The lowest BCUT2D eigenvalue weighted by atomic mass is 9.99. The monoisotopic (exact) mass is 568 g/mol. The normalized spacial score (nSPS) is 15.7. The molecule has 1 N–H and O–H groups in total. The number of benzene rings is 2. The minimum atomic E-state index is -0.654. The summed E-state index contributed by atoms with van der Waals surface area (Å²) in [5.41, 5.74) is 1.75. The number of rotatable bonds is 14. The fourth-order valence-electron chi connectivity index (χ4n) is 5.01. The first-order valence-electron chi connectivity index (χ1n) is 14.5. The van der Waals surface area contributed by atoms with E-state index in [1.807, 2.05) is 44.2 Å². The highest BCUT2D eigenvalue weighted by atomic mass is 16.5. The number of nitrogens with one attached hydrogen (secondary N) is 1. The van der Waals surface area contributed by atoms with Gasteiger partial charge in [0.05, 0.1) is 14.2 Å². The van der Waals surface area contributed by atoms with Gasteiger partial charge in [-0.25, -0.2) is 9.59 Å². The summed E-state index contributed by atoms with van der Waals surface area (Å²) in [7, 11) is 3.18. The minimum Gasteiger partial charge on any atom is -0.493 e. The number of ketones is 1. The fraction of sp³-hybridized carbons (Fsp3) is 0.531. The molecule has 1 heterocycles. The van der Waals surface area contributed by atoms with Crippen molar-refractivity contribution in [3.05, 3.63) is 53.6 Å². The summed E-state index contributed by atoms with van der Waals surface area (Å²) in [5.74, 6) is 1.28. The van der Waals surface area contributed by atoms with Crippen molar-refractivity contribution in [2.75, 3.05) is 27.4 Å². The summed E-state index contributed by atoms with van der Waals surface area (Å²) in [5, 5.41) is 3.07.